The highest BCUT2D eigenvalue weighted by molar-refractivity contribution is 6.60. The Balaban J connectivity index is 2.21. The van der Waals surface area contributed by atoms with E-state index in [9.17, 15) is 0 Å². The lowest BCUT2D eigenvalue weighted by Gasteiger charge is -2.22. The van der Waals surface area contributed by atoms with Gasteiger partial charge in [0.05, 0.1) is 0 Å². The molecule has 2 N–H and O–H groups in total. The Bertz CT molecular complexity index is 150. The van der Waals surface area contributed by atoms with Crippen molar-refractivity contribution in [2.75, 3.05) is 0 Å². The van der Waals surface area contributed by atoms with Gasteiger partial charge in [-0.2, -0.15) is 0 Å². The van der Waals surface area contributed by atoms with Crippen LogP contribution in [-0.4, -0.2) is 37.7 Å². The normalized spacial score (nSPS) is 59.7. The molecular weight excluding hydrogens is 156 g/mol. The van der Waals surface area contributed by atoms with E-state index < -0.39 is 27.5 Å². The second kappa shape index (κ2) is 1.79. The number of hydrogen-bond donors (Lipinski definition) is 2. The largest absolute Gasteiger partial charge is 0.502 e. The average molecular weight is 164 g/mol. The minimum atomic E-state index is -2.61. The highest BCUT2D eigenvalue weighted by Crippen LogP contribution is 2.34. The zero-order valence-corrected chi connectivity index (χ0v) is 6.35. The zero-order chi connectivity index (χ0) is 7.35. The predicted octanol–water partition coefficient (Wildman–Crippen LogP) is -1.36. The molecule has 0 aromatic carbocycles. The molecule has 6 heteroatoms. The minimum absolute atomic E-state index is 0.698. The molecule has 2 bridgehead atoms. The molecule has 0 spiro atoms. The van der Waals surface area contributed by atoms with Crippen LogP contribution in [-0.2, 0) is 13.3 Å². The topological polar surface area (TPSA) is 68.2 Å². The van der Waals surface area contributed by atoms with Crippen LogP contribution in [0.3, 0.4) is 0 Å². The van der Waals surface area contributed by atoms with Crippen LogP contribution in [0.2, 0.25) is 6.55 Å². The molecule has 0 aromatic heterocycles. The van der Waals surface area contributed by atoms with E-state index in [0.29, 0.717) is 0 Å². The number of aliphatic hydroxyl groups excluding tert-OH is 2. The molecule has 0 amide bonds. The quantitative estimate of drug-likeness (QED) is 0.433. The molecule has 2 rings (SSSR count). The van der Waals surface area contributed by atoms with Crippen molar-refractivity contribution in [3.63, 3.8) is 0 Å². The van der Waals surface area contributed by atoms with Gasteiger partial charge in [-0.05, 0) is 0 Å². The monoisotopic (exact) mass is 164 g/mol. The van der Waals surface area contributed by atoms with Crippen LogP contribution < -0.4 is 0 Å². The summed E-state index contributed by atoms with van der Waals surface area (Å²) in [5.41, 5.74) is 0. The van der Waals surface area contributed by atoms with Gasteiger partial charge in [0.25, 0.3) is 0 Å². The van der Waals surface area contributed by atoms with Crippen molar-refractivity contribution in [2.45, 2.75) is 25.2 Å². The summed E-state index contributed by atoms with van der Waals surface area (Å²) in [7, 11) is -2.61. The smallest absolute Gasteiger partial charge is 0.366 e. The van der Waals surface area contributed by atoms with Gasteiger partial charge >= 0.3 is 8.80 Å². The van der Waals surface area contributed by atoms with E-state index in [4.69, 9.17) is 23.5 Å². The first-order valence-electron chi connectivity index (χ1n) is 3.00. The summed E-state index contributed by atoms with van der Waals surface area (Å²) >= 11 is 0. The van der Waals surface area contributed by atoms with Crippen LogP contribution in [0.25, 0.3) is 0 Å². The third-order valence-corrected chi connectivity index (χ3v) is 3.62. The Kier molecular flexibility index (Phi) is 1.20. The third-order valence-electron chi connectivity index (χ3n) is 1.58. The summed E-state index contributed by atoms with van der Waals surface area (Å²) in [5, 5.41) is 18.0. The summed E-state index contributed by atoms with van der Waals surface area (Å²) in [4.78, 5) is 0. The summed E-state index contributed by atoms with van der Waals surface area (Å²) in [5.74, 6) is 0. The van der Waals surface area contributed by atoms with Gasteiger partial charge in [-0.15, -0.1) is 0 Å². The van der Waals surface area contributed by atoms with Crippen LogP contribution in [0.5, 0.6) is 0 Å². The number of fused-ring (bicyclic) bond motifs is 2. The molecule has 5 nitrogen and oxygen atoms in total. The van der Waals surface area contributed by atoms with E-state index in [1.807, 2.05) is 0 Å². The van der Waals surface area contributed by atoms with Crippen LogP contribution in [0.1, 0.15) is 0 Å². The van der Waals surface area contributed by atoms with E-state index in [1.165, 1.54) is 0 Å². The van der Waals surface area contributed by atoms with Gasteiger partial charge in [-0.1, -0.05) is 0 Å². The first kappa shape index (κ1) is 6.71. The molecule has 0 aromatic rings. The van der Waals surface area contributed by atoms with Crippen molar-refractivity contribution >= 4 is 8.80 Å². The third kappa shape index (κ3) is 0.745. The van der Waals surface area contributed by atoms with E-state index >= 15 is 0 Å². The van der Waals surface area contributed by atoms with Gasteiger partial charge in [0.1, 0.15) is 6.10 Å². The van der Waals surface area contributed by atoms with Gasteiger partial charge in [0.15, 0.2) is 12.6 Å². The van der Waals surface area contributed by atoms with Crippen molar-refractivity contribution in [1.29, 1.82) is 0 Å². The standard InChI is InChI=1S/C4H8O5Si/c1-10-7-2(3(5)8-10)4(6)9-10/h2-6H,1H3. The Morgan fingerprint density at radius 3 is 1.80 bits per heavy atom. The summed E-state index contributed by atoms with van der Waals surface area (Å²) in [6.45, 7) is 1.63. The van der Waals surface area contributed by atoms with Crippen LogP contribution >= 0.6 is 0 Å². The van der Waals surface area contributed by atoms with Crippen LogP contribution in [0.15, 0.2) is 0 Å². The fourth-order valence-electron chi connectivity index (χ4n) is 1.16. The maximum absolute atomic E-state index is 9.00. The van der Waals surface area contributed by atoms with E-state index in [0.717, 1.165) is 0 Å². The van der Waals surface area contributed by atoms with Crippen molar-refractivity contribution < 1.29 is 23.5 Å². The lowest BCUT2D eigenvalue weighted by Crippen LogP contribution is -2.43. The van der Waals surface area contributed by atoms with Crippen LogP contribution in [0.4, 0.5) is 0 Å². The molecule has 2 unspecified atom stereocenters. The van der Waals surface area contributed by atoms with Gasteiger partial charge in [0, 0.05) is 6.55 Å². The molecule has 2 atom stereocenters. The maximum atomic E-state index is 9.00. The molecule has 2 saturated heterocycles. The molecule has 2 aliphatic heterocycles. The van der Waals surface area contributed by atoms with Crippen molar-refractivity contribution in [1.82, 2.24) is 0 Å². The summed E-state index contributed by atoms with van der Waals surface area (Å²) < 4.78 is 14.9. The maximum Gasteiger partial charge on any atom is 0.502 e. The Morgan fingerprint density at radius 2 is 1.60 bits per heavy atom. The molecular formula is C4H8O5Si. The molecule has 58 valence electrons. The number of aliphatic hydroxyl groups is 2. The highest BCUT2D eigenvalue weighted by Gasteiger charge is 2.60. The second-order valence-electron chi connectivity index (χ2n) is 2.46. The Hall–Kier alpha value is 0.0169. The molecule has 0 saturated carbocycles. The summed E-state index contributed by atoms with van der Waals surface area (Å²) in [6, 6.07) is 0. The minimum Gasteiger partial charge on any atom is -0.366 e. The van der Waals surface area contributed by atoms with Crippen molar-refractivity contribution in [3.05, 3.63) is 0 Å². The average Bonchev–Trinajstić information content (AvgIpc) is 2.17. The number of hydrogen-bond acceptors (Lipinski definition) is 5. The van der Waals surface area contributed by atoms with Gasteiger partial charge in [0.2, 0.25) is 0 Å². The Morgan fingerprint density at radius 1 is 1.10 bits per heavy atom. The van der Waals surface area contributed by atoms with Crippen molar-refractivity contribution in [3.8, 4) is 0 Å². The van der Waals surface area contributed by atoms with E-state index in [2.05, 4.69) is 0 Å². The fourth-order valence-corrected chi connectivity index (χ4v) is 3.20. The molecule has 0 radical (unpaired) electrons. The van der Waals surface area contributed by atoms with Gasteiger partial charge in [-0.3, -0.25) is 0 Å². The summed E-state index contributed by atoms with van der Waals surface area (Å²) in [6.07, 6.45) is -2.72. The lowest BCUT2D eigenvalue weighted by atomic mass is 10.3. The van der Waals surface area contributed by atoms with Crippen molar-refractivity contribution in [2.24, 2.45) is 0 Å². The van der Waals surface area contributed by atoms with E-state index in [-0.39, 0.29) is 0 Å². The molecule has 10 heavy (non-hydrogen) atoms. The molecule has 2 fully saturated rings. The number of rotatable bonds is 0. The lowest BCUT2D eigenvalue weighted by molar-refractivity contribution is -0.161. The molecule has 2 heterocycles. The zero-order valence-electron chi connectivity index (χ0n) is 5.35. The van der Waals surface area contributed by atoms with Gasteiger partial charge in [-0.25, -0.2) is 0 Å². The van der Waals surface area contributed by atoms with Gasteiger partial charge < -0.3 is 23.5 Å². The predicted molar refractivity (Wildman–Crippen MR) is 30.7 cm³/mol. The fraction of sp³-hybridized carbons (Fsp3) is 1.00. The first-order valence-corrected chi connectivity index (χ1v) is 5.23. The molecule has 2 aliphatic rings. The Labute approximate surface area is 58.5 Å². The first-order chi connectivity index (χ1) is 4.61. The van der Waals surface area contributed by atoms with E-state index in [1.54, 1.807) is 6.55 Å². The van der Waals surface area contributed by atoms with Crippen LogP contribution in [0, 0.1) is 0 Å². The molecule has 0 aliphatic carbocycles. The second-order valence-corrected chi connectivity index (χ2v) is 4.89. The SMILES string of the molecule is C[Si]12OC(O)C(O1)C(O)O2. The highest BCUT2D eigenvalue weighted by atomic mass is 28.4.